The van der Waals surface area contributed by atoms with Crippen LogP contribution in [0.2, 0.25) is 5.15 Å². The van der Waals surface area contributed by atoms with Crippen LogP contribution in [-0.4, -0.2) is 16.6 Å². The zero-order valence-corrected chi connectivity index (χ0v) is 12.4. The summed E-state index contributed by atoms with van der Waals surface area (Å²) in [6, 6.07) is 11.1. The van der Waals surface area contributed by atoms with E-state index in [0.29, 0.717) is 42.1 Å². The van der Waals surface area contributed by atoms with Crippen molar-refractivity contribution in [2.45, 2.75) is 20.1 Å². The molecule has 0 unspecified atom stereocenters. The van der Waals surface area contributed by atoms with E-state index in [1.54, 1.807) is 18.2 Å². The third-order valence-corrected chi connectivity index (χ3v) is 2.93. The zero-order valence-electron chi connectivity index (χ0n) is 11.6. The van der Waals surface area contributed by atoms with E-state index < -0.39 is 0 Å². The van der Waals surface area contributed by atoms with Gasteiger partial charge in [-0.05, 0) is 24.6 Å². The summed E-state index contributed by atoms with van der Waals surface area (Å²) >= 11 is 5.97. The van der Waals surface area contributed by atoms with Gasteiger partial charge in [-0.15, -0.1) is 0 Å². The Kier molecular flexibility index (Phi) is 5.50. The highest BCUT2D eigenvalue weighted by Gasteiger charge is 2.03. The zero-order chi connectivity index (χ0) is 15.1. The Morgan fingerprint density at radius 2 is 2.05 bits per heavy atom. The predicted molar refractivity (Wildman–Crippen MR) is 80.9 cm³/mol. The van der Waals surface area contributed by atoms with E-state index in [2.05, 4.69) is 21.4 Å². The lowest BCUT2D eigenvalue weighted by Crippen LogP contribution is -2.06. The fraction of sp³-hybridized carbons (Fsp3) is 0.267. The topological polar surface area (TPSA) is 70.8 Å². The molecule has 6 heteroatoms. The Hall–Kier alpha value is -2.16. The number of nitrogens with one attached hydrogen (secondary N) is 1. The van der Waals surface area contributed by atoms with Crippen LogP contribution in [0.1, 0.15) is 23.9 Å². The highest BCUT2D eigenvalue weighted by atomic mass is 35.5. The van der Waals surface area contributed by atoms with Crippen LogP contribution < -0.4 is 5.32 Å². The van der Waals surface area contributed by atoms with Gasteiger partial charge in [0.25, 0.3) is 0 Å². The van der Waals surface area contributed by atoms with E-state index in [1.165, 1.54) is 0 Å². The Bertz CT molecular complexity index is 637. The molecule has 0 spiro atoms. The fourth-order valence-electron chi connectivity index (χ4n) is 1.70. The molecule has 1 aromatic heterocycles. The molecule has 2 rings (SSSR count). The monoisotopic (exact) mass is 302 g/mol. The minimum absolute atomic E-state index is 0.336. The van der Waals surface area contributed by atoms with Crippen LogP contribution >= 0.6 is 11.6 Å². The Labute approximate surface area is 128 Å². The van der Waals surface area contributed by atoms with Crippen molar-refractivity contribution in [3.63, 3.8) is 0 Å². The van der Waals surface area contributed by atoms with E-state index in [-0.39, 0.29) is 0 Å². The van der Waals surface area contributed by atoms with Gasteiger partial charge in [-0.25, -0.2) is 9.97 Å². The maximum Gasteiger partial charge on any atom is 0.158 e. The number of ether oxygens (including phenoxy) is 1. The van der Waals surface area contributed by atoms with Gasteiger partial charge in [0.15, 0.2) is 5.82 Å². The predicted octanol–water partition coefficient (Wildman–Crippen LogP) is 3.15. The van der Waals surface area contributed by atoms with E-state index in [1.807, 2.05) is 19.1 Å². The molecule has 2 aromatic rings. The second kappa shape index (κ2) is 7.58. The largest absolute Gasteiger partial charge is 0.374 e. The molecule has 5 nitrogen and oxygen atoms in total. The van der Waals surface area contributed by atoms with E-state index in [9.17, 15) is 0 Å². The molecule has 0 fully saturated rings. The fourth-order valence-corrected chi connectivity index (χ4v) is 1.90. The summed E-state index contributed by atoms with van der Waals surface area (Å²) in [5, 5.41) is 12.3. The molecule has 0 amide bonds. The molecule has 0 saturated heterocycles. The number of rotatable bonds is 6. The van der Waals surface area contributed by atoms with Gasteiger partial charge in [-0.1, -0.05) is 23.7 Å². The molecule has 108 valence electrons. The van der Waals surface area contributed by atoms with Crippen molar-refractivity contribution < 1.29 is 4.74 Å². The Morgan fingerprint density at radius 3 is 2.71 bits per heavy atom. The lowest BCUT2D eigenvalue weighted by atomic mass is 10.1. The first-order valence-electron chi connectivity index (χ1n) is 6.55. The maximum atomic E-state index is 8.76. The van der Waals surface area contributed by atoms with Crippen LogP contribution in [0.5, 0.6) is 0 Å². The standard InChI is InChI=1S/C15H15ClN4O/c1-2-21-10-15-19-13(16)7-14(20-15)18-9-12-5-3-11(8-17)4-6-12/h3-7H,2,9-10H2,1H3,(H,18,19,20). The molecule has 1 aromatic carbocycles. The number of hydrogen-bond donors (Lipinski definition) is 1. The Morgan fingerprint density at radius 1 is 1.29 bits per heavy atom. The number of anilines is 1. The second-order valence-corrected chi connectivity index (χ2v) is 4.68. The molecule has 1 heterocycles. The highest BCUT2D eigenvalue weighted by molar-refractivity contribution is 6.29. The van der Waals surface area contributed by atoms with Crippen molar-refractivity contribution in [1.29, 1.82) is 5.26 Å². The van der Waals surface area contributed by atoms with Gasteiger partial charge in [0.05, 0.1) is 11.6 Å². The molecule has 0 aliphatic rings. The molecule has 0 saturated carbocycles. The molecule has 21 heavy (non-hydrogen) atoms. The summed E-state index contributed by atoms with van der Waals surface area (Å²) in [5.41, 5.74) is 1.69. The van der Waals surface area contributed by atoms with E-state index in [0.717, 1.165) is 5.56 Å². The normalized spacial score (nSPS) is 10.1. The van der Waals surface area contributed by atoms with Crippen LogP contribution in [-0.2, 0) is 17.9 Å². The summed E-state index contributed by atoms with van der Waals surface area (Å²) < 4.78 is 5.28. The number of hydrogen-bond acceptors (Lipinski definition) is 5. The summed E-state index contributed by atoms with van der Waals surface area (Å²) in [6.07, 6.45) is 0. The van der Waals surface area contributed by atoms with Gasteiger partial charge < -0.3 is 10.1 Å². The van der Waals surface area contributed by atoms with Crippen molar-refractivity contribution in [1.82, 2.24) is 9.97 Å². The Balaban J connectivity index is 2.01. The van der Waals surface area contributed by atoms with Gasteiger partial charge in [0.1, 0.15) is 17.6 Å². The molecule has 0 aliphatic heterocycles. The van der Waals surface area contributed by atoms with Crippen molar-refractivity contribution in [2.24, 2.45) is 0 Å². The average Bonchev–Trinajstić information content (AvgIpc) is 2.51. The first-order valence-corrected chi connectivity index (χ1v) is 6.93. The molecule has 0 aliphatic carbocycles. The van der Waals surface area contributed by atoms with Gasteiger partial charge >= 0.3 is 0 Å². The van der Waals surface area contributed by atoms with Crippen molar-refractivity contribution in [2.75, 3.05) is 11.9 Å². The van der Waals surface area contributed by atoms with Gasteiger partial charge in [-0.3, -0.25) is 0 Å². The molecule has 1 N–H and O–H groups in total. The van der Waals surface area contributed by atoms with E-state index >= 15 is 0 Å². The number of nitriles is 1. The average molecular weight is 303 g/mol. The number of benzene rings is 1. The summed E-state index contributed by atoms with van der Waals surface area (Å²) in [7, 11) is 0. The first kappa shape index (κ1) is 15.2. The number of aromatic nitrogens is 2. The van der Waals surface area contributed by atoms with Crippen LogP contribution in [0.3, 0.4) is 0 Å². The quantitative estimate of drug-likeness (QED) is 0.830. The minimum Gasteiger partial charge on any atom is -0.374 e. The molecule has 0 bridgehead atoms. The summed E-state index contributed by atoms with van der Waals surface area (Å²) in [6.45, 7) is 3.44. The third-order valence-electron chi connectivity index (χ3n) is 2.73. The number of nitrogens with zero attached hydrogens (tertiary/aromatic N) is 3. The highest BCUT2D eigenvalue weighted by Crippen LogP contribution is 2.13. The molecular formula is C15H15ClN4O. The van der Waals surface area contributed by atoms with Crippen LogP contribution in [0, 0.1) is 11.3 Å². The van der Waals surface area contributed by atoms with Crippen molar-refractivity contribution >= 4 is 17.4 Å². The van der Waals surface area contributed by atoms with Gasteiger partial charge in [-0.2, -0.15) is 5.26 Å². The smallest absolute Gasteiger partial charge is 0.158 e. The maximum absolute atomic E-state index is 8.76. The van der Waals surface area contributed by atoms with Crippen molar-refractivity contribution in [3.8, 4) is 6.07 Å². The van der Waals surface area contributed by atoms with Gasteiger partial charge in [0.2, 0.25) is 0 Å². The molecule has 0 atom stereocenters. The minimum atomic E-state index is 0.336. The summed E-state index contributed by atoms with van der Waals surface area (Å²) in [4.78, 5) is 8.44. The van der Waals surface area contributed by atoms with Gasteiger partial charge in [0, 0.05) is 19.2 Å². The van der Waals surface area contributed by atoms with E-state index in [4.69, 9.17) is 21.6 Å². The SMILES string of the molecule is CCOCc1nc(Cl)cc(NCc2ccc(C#N)cc2)n1. The lowest BCUT2D eigenvalue weighted by Gasteiger charge is -2.08. The first-order chi connectivity index (χ1) is 10.2. The van der Waals surface area contributed by atoms with Crippen molar-refractivity contribution in [3.05, 3.63) is 52.4 Å². The van der Waals surface area contributed by atoms with Crippen LogP contribution in [0.4, 0.5) is 5.82 Å². The third kappa shape index (κ3) is 4.71. The number of halogens is 1. The molecular weight excluding hydrogens is 288 g/mol. The van der Waals surface area contributed by atoms with Crippen LogP contribution in [0.25, 0.3) is 0 Å². The molecule has 0 radical (unpaired) electrons. The van der Waals surface area contributed by atoms with Crippen LogP contribution in [0.15, 0.2) is 30.3 Å². The lowest BCUT2D eigenvalue weighted by molar-refractivity contribution is 0.128. The second-order valence-electron chi connectivity index (χ2n) is 4.29. The summed E-state index contributed by atoms with van der Waals surface area (Å²) in [5.74, 6) is 1.20.